The van der Waals surface area contributed by atoms with Gasteiger partial charge in [-0.15, -0.1) is 0 Å². The maximum atomic E-state index is 11.8. The van der Waals surface area contributed by atoms with E-state index < -0.39 is 7.82 Å². The molecule has 0 aromatic carbocycles. The van der Waals surface area contributed by atoms with E-state index in [2.05, 4.69) is 12.2 Å². The molecule has 0 heterocycles. The molecule has 0 spiro atoms. The molecule has 0 amide bonds. The minimum Gasteiger partial charge on any atom is -0.329 e. The topological polar surface area (TPSA) is 67.8 Å². The highest BCUT2D eigenvalue weighted by Crippen LogP contribution is 2.43. The minimum absolute atomic E-state index is 0.217. The molecule has 0 aliphatic carbocycles. The van der Waals surface area contributed by atoms with Gasteiger partial charge < -0.3 is 14.7 Å². The number of quaternary nitrogens is 1. The zero-order valence-electron chi connectivity index (χ0n) is 22.6. The van der Waals surface area contributed by atoms with Crippen molar-refractivity contribution >= 4 is 7.82 Å². The molecular weight excluding hydrogens is 435 g/mol. The molecule has 0 aromatic rings. The largest absolute Gasteiger partial charge is 0.472 e. The number of hydrogen-bond acceptors (Lipinski definition) is 4. The number of nitrogens with zero attached hydrogens (tertiary/aromatic N) is 1. The van der Waals surface area contributed by atoms with E-state index in [1.165, 1.54) is 103 Å². The predicted molar refractivity (Wildman–Crippen MR) is 142 cm³/mol. The van der Waals surface area contributed by atoms with Crippen molar-refractivity contribution in [2.24, 2.45) is 0 Å². The van der Waals surface area contributed by atoms with Crippen LogP contribution in [-0.4, -0.2) is 63.4 Å². The zero-order valence-corrected chi connectivity index (χ0v) is 23.5. The molecule has 0 aromatic heterocycles. The summed E-state index contributed by atoms with van der Waals surface area (Å²) in [4.78, 5) is 9.65. The Balaban J connectivity index is 3.23. The van der Waals surface area contributed by atoms with Crippen molar-refractivity contribution in [1.82, 2.24) is 5.32 Å². The summed E-state index contributed by atoms with van der Waals surface area (Å²) >= 11 is 0. The van der Waals surface area contributed by atoms with E-state index in [9.17, 15) is 9.46 Å². The molecule has 7 heteroatoms. The third-order valence-electron chi connectivity index (χ3n) is 5.98. The molecule has 0 aliphatic heterocycles. The Bertz CT molecular complexity index is 458. The second-order valence-electron chi connectivity index (χ2n) is 10.6. The van der Waals surface area contributed by atoms with Gasteiger partial charge in [-0.3, -0.25) is 9.05 Å². The second-order valence-corrected chi connectivity index (χ2v) is 12.0. The lowest BCUT2D eigenvalue weighted by Gasteiger charge is -2.24. The van der Waals surface area contributed by atoms with E-state index in [4.69, 9.17) is 9.05 Å². The normalized spacial score (nSPS) is 14.0. The maximum absolute atomic E-state index is 11.8. The first-order chi connectivity index (χ1) is 15.8. The van der Waals surface area contributed by atoms with E-state index in [0.29, 0.717) is 17.4 Å². The van der Waals surface area contributed by atoms with Gasteiger partial charge in [-0.05, 0) is 25.9 Å². The Kier molecular flexibility index (Phi) is 22.5. The van der Waals surface area contributed by atoms with E-state index in [0.717, 1.165) is 13.1 Å². The van der Waals surface area contributed by atoms with Crippen molar-refractivity contribution in [3.05, 3.63) is 0 Å². The van der Waals surface area contributed by atoms with E-state index >= 15 is 0 Å². The first kappa shape index (κ1) is 33.0. The van der Waals surface area contributed by atoms with Crippen LogP contribution in [0.1, 0.15) is 116 Å². The summed E-state index contributed by atoms with van der Waals surface area (Å²) in [6.07, 6.45) is 22.9. The molecule has 0 saturated carbocycles. The molecule has 2 N–H and O–H groups in total. The fourth-order valence-electron chi connectivity index (χ4n) is 3.77. The molecule has 0 aliphatic rings. The van der Waals surface area contributed by atoms with Crippen LogP contribution in [0.15, 0.2) is 0 Å². The third kappa shape index (κ3) is 28.2. The molecule has 6 nitrogen and oxygen atoms in total. The standard InChI is InChI=1S/C26H57N2O4P/c1-5-6-7-8-9-10-11-12-13-14-15-16-17-18-19-20-22-27-23-21-25-31-33(29,30)32-26-24-28(2,3)4/h27H,5-26H2,1-4H3/p+1. The monoisotopic (exact) mass is 493 g/mol. The molecule has 0 rings (SSSR count). The highest BCUT2D eigenvalue weighted by molar-refractivity contribution is 7.47. The van der Waals surface area contributed by atoms with Crippen molar-refractivity contribution in [3.63, 3.8) is 0 Å². The highest BCUT2D eigenvalue weighted by atomic mass is 31.2. The number of hydrogen-bond donors (Lipinski definition) is 2. The quantitative estimate of drug-likeness (QED) is 0.0766. The fourth-order valence-corrected chi connectivity index (χ4v) is 4.51. The molecule has 0 fully saturated rings. The van der Waals surface area contributed by atoms with Crippen LogP contribution in [-0.2, 0) is 13.6 Å². The van der Waals surface area contributed by atoms with Crippen molar-refractivity contribution < 1.29 is 23.0 Å². The van der Waals surface area contributed by atoms with E-state index in [1.807, 2.05) is 21.1 Å². The van der Waals surface area contributed by atoms with Gasteiger partial charge in [-0.2, -0.15) is 0 Å². The lowest BCUT2D eigenvalue weighted by Crippen LogP contribution is -2.37. The molecule has 1 unspecified atom stereocenters. The predicted octanol–water partition coefficient (Wildman–Crippen LogP) is 7.07. The number of nitrogens with one attached hydrogen (secondary N) is 1. The van der Waals surface area contributed by atoms with Crippen LogP contribution < -0.4 is 5.32 Å². The third-order valence-corrected chi connectivity index (χ3v) is 6.99. The Hall–Kier alpha value is 0.0300. The van der Waals surface area contributed by atoms with Crippen molar-refractivity contribution in [3.8, 4) is 0 Å². The first-order valence-corrected chi connectivity index (χ1v) is 15.4. The van der Waals surface area contributed by atoms with Gasteiger partial charge in [0.25, 0.3) is 0 Å². The van der Waals surface area contributed by atoms with Crippen LogP contribution in [0.5, 0.6) is 0 Å². The molecule has 200 valence electrons. The van der Waals surface area contributed by atoms with Gasteiger partial charge in [-0.1, -0.05) is 103 Å². The first-order valence-electron chi connectivity index (χ1n) is 13.9. The number of unbranched alkanes of at least 4 members (excludes halogenated alkanes) is 15. The summed E-state index contributed by atoms with van der Waals surface area (Å²) in [6, 6.07) is 0. The van der Waals surface area contributed by atoms with Crippen LogP contribution in [0, 0.1) is 0 Å². The van der Waals surface area contributed by atoms with Crippen LogP contribution >= 0.6 is 7.82 Å². The van der Waals surface area contributed by atoms with Crippen molar-refractivity contribution in [2.75, 3.05) is 54.0 Å². The highest BCUT2D eigenvalue weighted by Gasteiger charge is 2.21. The molecule has 0 bridgehead atoms. The maximum Gasteiger partial charge on any atom is 0.472 e. The molecule has 1 atom stereocenters. The Morgan fingerprint density at radius 3 is 1.48 bits per heavy atom. The Morgan fingerprint density at radius 2 is 1.03 bits per heavy atom. The second kappa shape index (κ2) is 22.5. The summed E-state index contributed by atoms with van der Waals surface area (Å²) in [7, 11) is 2.12. The number of likely N-dealkylation sites (N-methyl/N-ethyl adjacent to an activating group) is 1. The van der Waals surface area contributed by atoms with Gasteiger partial charge in [0.2, 0.25) is 0 Å². The molecule has 0 radical (unpaired) electrons. The molecular formula is C26H58N2O4P+. The number of rotatable bonds is 26. The van der Waals surface area contributed by atoms with Gasteiger partial charge in [0, 0.05) is 0 Å². The van der Waals surface area contributed by atoms with Gasteiger partial charge in [0.1, 0.15) is 13.2 Å². The smallest absolute Gasteiger partial charge is 0.329 e. The fraction of sp³-hybridized carbons (Fsp3) is 1.00. The average Bonchev–Trinajstić information content (AvgIpc) is 2.73. The van der Waals surface area contributed by atoms with Crippen LogP contribution in [0.3, 0.4) is 0 Å². The Morgan fingerprint density at radius 1 is 0.636 bits per heavy atom. The van der Waals surface area contributed by atoms with Crippen LogP contribution in [0.25, 0.3) is 0 Å². The molecule has 33 heavy (non-hydrogen) atoms. The summed E-state index contributed by atoms with van der Waals surface area (Å²) in [5, 5.41) is 3.39. The van der Waals surface area contributed by atoms with E-state index in [1.54, 1.807) is 0 Å². The van der Waals surface area contributed by atoms with Gasteiger partial charge >= 0.3 is 7.82 Å². The molecule has 0 saturated heterocycles. The van der Waals surface area contributed by atoms with Gasteiger partial charge in [0.15, 0.2) is 0 Å². The number of phosphoric ester groups is 1. The summed E-state index contributed by atoms with van der Waals surface area (Å²) in [6.45, 7) is 5.21. The van der Waals surface area contributed by atoms with Gasteiger partial charge in [0.05, 0.1) is 27.7 Å². The summed E-state index contributed by atoms with van der Waals surface area (Å²) in [5.74, 6) is 0. The number of phosphoric acid groups is 1. The summed E-state index contributed by atoms with van der Waals surface area (Å²) < 4.78 is 22.5. The van der Waals surface area contributed by atoms with Crippen molar-refractivity contribution in [1.29, 1.82) is 0 Å². The SMILES string of the molecule is CCCCCCCCCCCCCCCCCCNCCCOP(=O)(O)OCC[N+](C)(C)C. The minimum atomic E-state index is -3.91. The lowest BCUT2D eigenvalue weighted by atomic mass is 10.0. The van der Waals surface area contributed by atoms with E-state index in [-0.39, 0.29) is 13.2 Å². The van der Waals surface area contributed by atoms with Crippen molar-refractivity contribution in [2.45, 2.75) is 116 Å². The Labute approximate surface area is 206 Å². The lowest BCUT2D eigenvalue weighted by molar-refractivity contribution is -0.870. The van der Waals surface area contributed by atoms with Gasteiger partial charge in [-0.25, -0.2) is 4.57 Å². The van der Waals surface area contributed by atoms with Crippen LogP contribution in [0.2, 0.25) is 0 Å². The zero-order chi connectivity index (χ0) is 24.7. The summed E-state index contributed by atoms with van der Waals surface area (Å²) in [5.41, 5.74) is 0. The average molecular weight is 494 g/mol. The van der Waals surface area contributed by atoms with Crippen LogP contribution in [0.4, 0.5) is 0 Å².